The minimum absolute atomic E-state index is 0.109. The maximum Gasteiger partial charge on any atom is 0.216 e. The molecule has 3 rings (SSSR count). The molecule has 0 fully saturated rings. The van der Waals surface area contributed by atoms with Gasteiger partial charge in [-0.05, 0) is 35.5 Å². The summed E-state index contributed by atoms with van der Waals surface area (Å²) < 4.78 is 1.81. The number of carbonyl (C=O) groups is 1. The third kappa shape index (κ3) is 3.22. The van der Waals surface area contributed by atoms with Crippen LogP contribution in [0.15, 0.2) is 53.9 Å². The van der Waals surface area contributed by atoms with Crippen LogP contribution >= 0.6 is 12.2 Å². The minimum atomic E-state index is -1.22. The number of H-pyrrole nitrogens is 1. The average Bonchev–Trinajstić information content (AvgIpc) is 2.95. The number of aromatic carboxylic acids is 1. The van der Waals surface area contributed by atoms with Gasteiger partial charge in [0, 0.05) is 18.0 Å². The lowest BCUT2D eigenvalue weighted by Crippen LogP contribution is -2.21. The number of hydrogen-bond donors (Lipinski definition) is 1. The van der Waals surface area contributed by atoms with E-state index >= 15 is 0 Å². The van der Waals surface area contributed by atoms with E-state index in [1.807, 2.05) is 6.07 Å². The second kappa shape index (κ2) is 6.32. The van der Waals surface area contributed by atoms with Crippen LogP contribution in [0, 0.1) is 4.77 Å². The smallest absolute Gasteiger partial charge is 0.216 e. The second-order valence-corrected chi connectivity index (χ2v) is 4.95. The molecule has 0 atom stereocenters. The molecule has 0 aliphatic rings. The molecular weight excluding hydrogens is 314 g/mol. The summed E-state index contributed by atoms with van der Waals surface area (Å²) in [6, 6.07) is 9.79. The molecule has 0 saturated carbocycles. The lowest BCUT2D eigenvalue weighted by molar-refractivity contribution is -0.255. The van der Waals surface area contributed by atoms with E-state index in [2.05, 4.69) is 20.3 Å². The SMILES string of the molecule is O=C([O-])c1ccc(/C=N\n2c(-c3cccnc3)n[nH]c2=S)cc1. The van der Waals surface area contributed by atoms with Crippen LogP contribution in [0.5, 0.6) is 0 Å². The Labute approximate surface area is 136 Å². The van der Waals surface area contributed by atoms with Gasteiger partial charge in [-0.15, -0.1) is 0 Å². The molecule has 2 aromatic heterocycles. The van der Waals surface area contributed by atoms with Crippen LogP contribution < -0.4 is 5.11 Å². The highest BCUT2D eigenvalue weighted by atomic mass is 32.1. The summed E-state index contributed by atoms with van der Waals surface area (Å²) in [4.78, 5) is 14.8. The minimum Gasteiger partial charge on any atom is -0.545 e. The highest BCUT2D eigenvalue weighted by molar-refractivity contribution is 7.71. The van der Waals surface area contributed by atoms with E-state index in [4.69, 9.17) is 12.2 Å². The molecule has 8 heteroatoms. The van der Waals surface area contributed by atoms with E-state index in [1.54, 1.807) is 36.8 Å². The van der Waals surface area contributed by atoms with Crippen LogP contribution in [0.3, 0.4) is 0 Å². The van der Waals surface area contributed by atoms with Crippen molar-refractivity contribution in [3.63, 3.8) is 0 Å². The second-order valence-electron chi connectivity index (χ2n) is 4.56. The van der Waals surface area contributed by atoms with E-state index in [0.29, 0.717) is 10.6 Å². The molecule has 2 heterocycles. The zero-order chi connectivity index (χ0) is 16.2. The number of pyridine rings is 1. The standard InChI is InChI=1S/C15H11N5O2S/c21-14(22)11-5-3-10(4-6-11)8-17-20-13(18-19-15(20)23)12-2-1-7-16-9-12/h1-9H,(H,19,23)(H,21,22)/p-1/b17-8-. The molecule has 114 valence electrons. The molecule has 0 aliphatic heterocycles. The first-order valence-corrected chi connectivity index (χ1v) is 6.99. The number of benzene rings is 1. The van der Waals surface area contributed by atoms with Crippen LogP contribution in [0.1, 0.15) is 15.9 Å². The van der Waals surface area contributed by atoms with Gasteiger partial charge in [0.2, 0.25) is 4.77 Å². The van der Waals surface area contributed by atoms with Crippen molar-refractivity contribution in [1.29, 1.82) is 0 Å². The summed E-state index contributed by atoms with van der Waals surface area (Å²) in [6.07, 6.45) is 4.88. The number of nitrogens with one attached hydrogen (secondary N) is 1. The van der Waals surface area contributed by atoms with Gasteiger partial charge in [0.05, 0.1) is 12.2 Å². The molecule has 0 spiro atoms. The Morgan fingerprint density at radius 3 is 2.74 bits per heavy atom. The monoisotopic (exact) mass is 324 g/mol. The Morgan fingerprint density at radius 2 is 2.09 bits per heavy atom. The number of nitrogens with zero attached hydrogens (tertiary/aromatic N) is 4. The van der Waals surface area contributed by atoms with Gasteiger partial charge in [-0.1, -0.05) is 24.3 Å². The fraction of sp³-hybridized carbons (Fsp3) is 0. The zero-order valence-corrected chi connectivity index (χ0v) is 12.5. The number of aromatic nitrogens is 4. The van der Waals surface area contributed by atoms with E-state index in [9.17, 15) is 9.90 Å². The highest BCUT2D eigenvalue weighted by Gasteiger charge is 2.07. The predicted octanol–water partition coefficient (Wildman–Crippen LogP) is 1.25. The van der Waals surface area contributed by atoms with Crippen molar-refractivity contribution in [2.24, 2.45) is 5.10 Å². The van der Waals surface area contributed by atoms with Gasteiger partial charge in [0.25, 0.3) is 0 Å². The van der Waals surface area contributed by atoms with Crippen molar-refractivity contribution in [2.75, 3.05) is 0 Å². The van der Waals surface area contributed by atoms with E-state index in [0.717, 1.165) is 11.1 Å². The largest absolute Gasteiger partial charge is 0.545 e. The Morgan fingerprint density at radius 1 is 1.30 bits per heavy atom. The highest BCUT2D eigenvalue weighted by Crippen LogP contribution is 2.15. The average molecular weight is 324 g/mol. The molecule has 0 amide bonds. The number of carboxylic acid groups (broad SMARTS) is 1. The molecule has 7 nitrogen and oxygen atoms in total. The van der Waals surface area contributed by atoms with Crippen LogP contribution in [0.25, 0.3) is 11.4 Å². The fourth-order valence-electron chi connectivity index (χ4n) is 1.91. The van der Waals surface area contributed by atoms with Gasteiger partial charge in [0.1, 0.15) is 0 Å². The summed E-state index contributed by atoms with van der Waals surface area (Å²) in [7, 11) is 0. The Kier molecular flexibility index (Phi) is 4.07. The fourth-order valence-corrected chi connectivity index (χ4v) is 2.09. The van der Waals surface area contributed by atoms with Crippen LogP contribution in [0.2, 0.25) is 0 Å². The van der Waals surface area contributed by atoms with Crippen LogP contribution in [0.4, 0.5) is 0 Å². The molecule has 0 unspecified atom stereocenters. The van der Waals surface area contributed by atoms with Crippen molar-refractivity contribution in [3.05, 3.63) is 64.7 Å². The maximum atomic E-state index is 10.7. The van der Waals surface area contributed by atoms with Crippen molar-refractivity contribution >= 4 is 24.4 Å². The predicted molar refractivity (Wildman–Crippen MR) is 84.4 cm³/mol. The maximum absolute atomic E-state index is 10.7. The number of hydrogen-bond acceptors (Lipinski definition) is 6. The van der Waals surface area contributed by atoms with Crippen molar-refractivity contribution in [3.8, 4) is 11.4 Å². The van der Waals surface area contributed by atoms with Crippen LogP contribution in [-0.2, 0) is 0 Å². The number of carboxylic acids is 1. The Hall–Kier alpha value is -3.13. The molecule has 0 aliphatic carbocycles. The molecular formula is C15H10N5O2S-. The van der Waals surface area contributed by atoms with Crippen LogP contribution in [-0.4, -0.2) is 32.0 Å². The zero-order valence-electron chi connectivity index (χ0n) is 11.7. The van der Waals surface area contributed by atoms with Gasteiger partial charge in [-0.2, -0.15) is 14.9 Å². The van der Waals surface area contributed by atoms with Crippen molar-refractivity contribution in [1.82, 2.24) is 19.9 Å². The first-order valence-electron chi connectivity index (χ1n) is 6.59. The van der Waals surface area contributed by atoms with E-state index < -0.39 is 5.97 Å². The summed E-state index contributed by atoms with van der Waals surface area (Å²) >= 11 is 5.17. The molecule has 23 heavy (non-hydrogen) atoms. The van der Waals surface area contributed by atoms with Gasteiger partial charge < -0.3 is 9.90 Å². The summed E-state index contributed by atoms with van der Waals surface area (Å²) in [5.41, 5.74) is 1.60. The van der Waals surface area contributed by atoms with Gasteiger partial charge >= 0.3 is 0 Å². The number of carbonyl (C=O) groups excluding carboxylic acids is 1. The number of aromatic amines is 1. The first-order chi connectivity index (χ1) is 11.1. The van der Waals surface area contributed by atoms with Gasteiger partial charge in [-0.3, -0.25) is 4.98 Å². The molecule has 0 bridgehead atoms. The molecule has 1 aromatic carbocycles. The summed E-state index contributed by atoms with van der Waals surface area (Å²) in [6.45, 7) is 0. The molecule has 0 radical (unpaired) electrons. The quantitative estimate of drug-likeness (QED) is 0.575. The van der Waals surface area contributed by atoms with E-state index in [-0.39, 0.29) is 5.56 Å². The van der Waals surface area contributed by atoms with Crippen molar-refractivity contribution in [2.45, 2.75) is 0 Å². The third-order valence-corrected chi connectivity index (χ3v) is 3.30. The Balaban J connectivity index is 1.93. The normalized spacial score (nSPS) is 11.0. The van der Waals surface area contributed by atoms with E-state index in [1.165, 1.54) is 16.8 Å². The molecule has 0 saturated heterocycles. The molecule has 3 aromatic rings. The topological polar surface area (TPSA) is 99.0 Å². The van der Waals surface area contributed by atoms with Gasteiger partial charge in [0.15, 0.2) is 5.82 Å². The summed E-state index contributed by atoms with van der Waals surface area (Å²) in [5, 5.41) is 21.8. The number of rotatable bonds is 4. The lowest BCUT2D eigenvalue weighted by Gasteiger charge is -2.02. The lowest BCUT2D eigenvalue weighted by atomic mass is 10.1. The third-order valence-electron chi connectivity index (χ3n) is 3.04. The van der Waals surface area contributed by atoms with Crippen molar-refractivity contribution < 1.29 is 9.90 Å². The first kappa shape index (κ1) is 14.8. The molecule has 1 N–H and O–H groups in total. The Bertz CT molecular complexity index is 913. The van der Waals surface area contributed by atoms with Gasteiger partial charge in [-0.25, -0.2) is 5.10 Å². The summed E-state index contributed by atoms with van der Waals surface area (Å²) in [5.74, 6) is -0.685.